The highest BCUT2D eigenvalue weighted by atomic mass is 16.4. The number of nitrogens with two attached hydrogens (primary N) is 1. The average Bonchev–Trinajstić information content (AvgIpc) is 1.61. The Morgan fingerprint density at radius 2 is 2.38 bits per heavy atom. The van der Waals surface area contributed by atoms with Gasteiger partial charge in [0.05, 0.1) is 0 Å². The molecule has 0 aromatic heterocycles. The summed E-state index contributed by atoms with van der Waals surface area (Å²) in [6.45, 7) is 1.71. The first-order valence-electron chi connectivity index (χ1n) is 2.29. The minimum Gasteiger partial charge on any atom is -0.478 e. The van der Waals surface area contributed by atoms with Crippen molar-refractivity contribution in [1.82, 2.24) is 0 Å². The van der Waals surface area contributed by atoms with Crippen LogP contribution < -0.4 is 5.73 Å². The highest BCUT2D eigenvalue weighted by Crippen LogP contribution is 1.77. The van der Waals surface area contributed by atoms with Crippen LogP contribution in [0.25, 0.3) is 0 Å². The molecule has 46 valence electrons. The van der Waals surface area contributed by atoms with E-state index in [0.29, 0.717) is 0 Å². The van der Waals surface area contributed by atoms with Gasteiger partial charge in [-0.05, 0) is 6.92 Å². The molecule has 0 rings (SSSR count). The van der Waals surface area contributed by atoms with Crippen LogP contribution in [0, 0.1) is 0 Å². The first-order chi connectivity index (χ1) is 3.63. The maximum absolute atomic E-state index is 9.76. The molecular formula is C5H9NO2. The van der Waals surface area contributed by atoms with Crippen LogP contribution in [0.5, 0.6) is 0 Å². The van der Waals surface area contributed by atoms with Gasteiger partial charge in [-0.25, -0.2) is 4.79 Å². The summed E-state index contributed by atoms with van der Waals surface area (Å²) in [6.07, 6.45) is 2.45. The number of carboxylic acid groups (broad SMARTS) is 1. The molecule has 0 amide bonds. The second-order valence-corrected chi connectivity index (χ2v) is 1.56. The van der Waals surface area contributed by atoms with Crippen molar-refractivity contribution in [2.24, 2.45) is 5.73 Å². The predicted octanol–water partition coefficient (Wildman–Crippen LogP) is -0.0256. The fraction of sp³-hybridized carbons (Fsp3) is 0.400. The van der Waals surface area contributed by atoms with E-state index in [2.05, 4.69) is 0 Å². The molecule has 0 aliphatic carbocycles. The van der Waals surface area contributed by atoms with Crippen molar-refractivity contribution in [3.63, 3.8) is 0 Å². The van der Waals surface area contributed by atoms with E-state index in [4.69, 9.17) is 10.8 Å². The van der Waals surface area contributed by atoms with E-state index in [0.717, 1.165) is 6.08 Å². The van der Waals surface area contributed by atoms with Gasteiger partial charge in [-0.1, -0.05) is 6.08 Å². The summed E-state index contributed by atoms with van der Waals surface area (Å²) in [5.74, 6) is -0.956. The van der Waals surface area contributed by atoms with Gasteiger partial charge in [0.2, 0.25) is 0 Å². The number of aliphatic carboxylic acids is 1. The lowest BCUT2D eigenvalue weighted by Crippen LogP contribution is -2.10. The minimum atomic E-state index is -0.956. The summed E-state index contributed by atoms with van der Waals surface area (Å²) >= 11 is 0. The van der Waals surface area contributed by atoms with Crippen LogP contribution in [-0.2, 0) is 4.79 Å². The highest BCUT2D eigenvalue weighted by Gasteiger charge is 1.86. The molecule has 0 bridgehead atoms. The summed E-state index contributed by atoms with van der Waals surface area (Å²) in [6, 6.07) is -0.175. The maximum atomic E-state index is 9.76. The van der Waals surface area contributed by atoms with Crippen molar-refractivity contribution < 1.29 is 9.90 Å². The van der Waals surface area contributed by atoms with Crippen LogP contribution in [0.4, 0.5) is 0 Å². The first kappa shape index (κ1) is 7.17. The van der Waals surface area contributed by atoms with Gasteiger partial charge in [-0.3, -0.25) is 0 Å². The van der Waals surface area contributed by atoms with Crippen molar-refractivity contribution in [1.29, 1.82) is 0 Å². The molecule has 0 aliphatic rings. The summed E-state index contributed by atoms with van der Waals surface area (Å²) < 4.78 is 0. The molecule has 0 fully saturated rings. The standard InChI is InChI=1S/C5H9NO2/c1-4(6)2-3-5(7)8/h2-4H,6H2,1H3,(H,7,8)/b3-2+. The van der Waals surface area contributed by atoms with Crippen LogP contribution in [0.15, 0.2) is 12.2 Å². The van der Waals surface area contributed by atoms with E-state index in [9.17, 15) is 4.79 Å². The van der Waals surface area contributed by atoms with Gasteiger partial charge in [0.15, 0.2) is 0 Å². The van der Waals surface area contributed by atoms with E-state index in [1.165, 1.54) is 6.08 Å². The molecular weight excluding hydrogens is 106 g/mol. The Bertz CT molecular complexity index is 107. The zero-order valence-electron chi connectivity index (χ0n) is 4.66. The fourth-order valence-corrected chi connectivity index (χ4v) is 0.234. The third-order valence-electron chi connectivity index (χ3n) is 0.542. The normalized spacial score (nSPS) is 14.2. The Morgan fingerprint density at radius 1 is 1.88 bits per heavy atom. The van der Waals surface area contributed by atoms with Crippen LogP contribution in [0.2, 0.25) is 0 Å². The zero-order chi connectivity index (χ0) is 6.57. The molecule has 0 heterocycles. The van der Waals surface area contributed by atoms with E-state index >= 15 is 0 Å². The fourth-order valence-electron chi connectivity index (χ4n) is 0.234. The van der Waals surface area contributed by atoms with Crippen molar-refractivity contribution in [3.05, 3.63) is 12.2 Å². The molecule has 1 atom stereocenters. The Hall–Kier alpha value is -0.830. The van der Waals surface area contributed by atoms with Crippen molar-refractivity contribution in [3.8, 4) is 0 Å². The quantitative estimate of drug-likeness (QED) is 0.497. The molecule has 0 aliphatic heterocycles. The topological polar surface area (TPSA) is 63.3 Å². The molecule has 0 spiro atoms. The third-order valence-corrected chi connectivity index (χ3v) is 0.542. The van der Waals surface area contributed by atoms with Crippen LogP contribution >= 0.6 is 0 Å². The largest absolute Gasteiger partial charge is 0.478 e. The summed E-state index contributed by atoms with van der Waals surface area (Å²) in [5.41, 5.74) is 5.19. The SMILES string of the molecule is CC(N)/C=C/C(=O)O. The van der Waals surface area contributed by atoms with Crippen molar-refractivity contribution in [2.75, 3.05) is 0 Å². The lowest BCUT2D eigenvalue weighted by Gasteiger charge is -1.89. The minimum absolute atomic E-state index is 0.175. The molecule has 0 aromatic rings. The third kappa shape index (κ3) is 5.17. The van der Waals surface area contributed by atoms with E-state index in [1.54, 1.807) is 6.92 Å². The van der Waals surface area contributed by atoms with Crippen LogP contribution in [0.3, 0.4) is 0 Å². The summed E-state index contributed by atoms with van der Waals surface area (Å²) in [4.78, 5) is 9.76. The number of hydrogen-bond donors (Lipinski definition) is 2. The molecule has 3 heteroatoms. The molecule has 1 unspecified atom stereocenters. The van der Waals surface area contributed by atoms with Gasteiger partial charge in [-0.2, -0.15) is 0 Å². The first-order valence-corrected chi connectivity index (χ1v) is 2.29. The highest BCUT2D eigenvalue weighted by molar-refractivity contribution is 5.79. The molecule has 0 saturated heterocycles. The number of carbonyl (C=O) groups is 1. The molecule has 0 saturated carbocycles. The predicted molar refractivity (Wildman–Crippen MR) is 30.4 cm³/mol. The Morgan fingerprint density at radius 3 is 2.50 bits per heavy atom. The van der Waals surface area contributed by atoms with E-state index in [-0.39, 0.29) is 6.04 Å². The monoisotopic (exact) mass is 115 g/mol. The lowest BCUT2D eigenvalue weighted by atomic mass is 10.3. The lowest BCUT2D eigenvalue weighted by molar-refractivity contribution is -0.131. The van der Waals surface area contributed by atoms with Gasteiger partial charge < -0.3 is 10.8 Å². The van der Waals surface area contributed by atoms with Crippen molar-refractivity contribution in [2.45, 2.75) is 13.0 Å². The van der Waals surface area contributed by atoms with E-state index in [1.807, 2.05) is 0 Å². The smallest absolute Gasteiger partial charge is 0.328 e. The van der Waals surface area contributed by atoms with E-state index < -0.39 is 5.97 Å². The van der Waals surface area contributed by atoms with Crippen LogP contribution in [-0.4, -0.2) is 17.1 Å². The second kappa shape index (κ2) is 3.21. The Balaban J connectivity index is 3.50. The molecule has 8 heavy (non-hydrogen) atoms. The number of hydrogen-bond acceptors (Lipinski definition) is 2. The van der Waals surface area contributed by atoms with Gasteiger partial charge >= 0.3 is 5.97 Å². The number of rotatable bonds is 2. The zero-order valence-corrected chi connectivity index (χ0v) is 4.66. The Kier molecular flexibility index (Phi) is 2.88. The Labute approximate surface area is 47.8 Å². The number of carboxylic acids is 1. The van der Waals surface area contributed by atoms with Crippen molar-refractivity contribution >= 4 is 5.97 Å². The van der Waals surface area contributed by atoms with Gasteiger partial charge in [0.25, 0.3) is 0 Å². The molecule has 3 nitrogen and oxygen atoms in total. The maximum Gasteiger partial charge on any atom is 0.328 e. The molecule has 0 aromatic carbocycles. The molecule has 3 N–H and O–H groups in total. The average molecular weight is 115 g/mol. The van der Waals surface area contributed by atoms with Gasteiger partial charge in [0.1, 0.15) is 0 Å². The summed E-state index contributed by atoms with van der Waals surface area (Å²) in [7, 11) is 0. The van der Waals surface area contributed by atoms with Crippen LogP contribution in [0.1, 0.15) is 6.92 Å². The second-order valence-electron chi connectivity index (χ2n) is 1.56. The van der Waals surface area contributed by atoms with Gasteiger partial charge in [0, 0.05) is 12.1 Å². The van der Waals surface area contributed by atoms with Gasteiger partial charge in [-0.15, -0.1) is 0 Å². The molecule has 0 radical (unpaired) electrons. The summed E-state index contributed by atoms with van der Waals surface area (Å²) in [5, 5.41) is 8.02.